The number of aryl methyl sites for hydroxylation is 1. The molecule has 0 fully saturated rings. The predicted octanol–water partition coefficient (Wildman–Crippen LogP) is 2.30. The Morgan fingerprint density at radius 1 is 1.29 bits per heavy atom. The molecule has 21 heavy (non-hydrogen) atoms. The van der Waals surface area contributed by atoms with Crippen LogP contribution < -0.4 is 15.5 Å². The molecule has 1 N–H and O–H groups in total. The Balaban J connectivity index is 1.85. The van der Waals surface area contributed by atoms with Crippen LogP contribution in [0, 0.1) is 6.92 Å². The summed E-state index contributed by atoms with van der Waals surface area (Å²) in [5.74, 6) is 0.0692. The van der Waals surface area contributed by atoms with Gasteiger partial charge in [-0.15, -0.1) is 0 Å². The van der Waals surface area contributed by atoms with Gasteiger partial charge in [0.1, 0.15) is 5.76 Å². The summed E-state index contributed by atoms with van der Waals surface area (Å²) in [4.78, 5) is 23.2. The van der Waals surface area contributed by atoms with Gasteiger partial charge in [0.15, 0.2) is 6.61 Å². The summed E-state index contributed by atoms with van der Waals surface area (Å²) in [7, 11) is 0. The van der Waals surface area contributed by atoms with Crippen molar-refractivity contribution < 1.29 is 13.9 Å². The van der Waals surface area contributed by atoms with E-state index in [2.05, 4.69) is 5.32 Å². The standard InChI is InChI=1S/C15H14ClNO4/c1-10-15(13(18)6-7-20-10)21-9-14(19)17-8-11-2-4-12(16)5-3-11/h2-7H,8-9H2,1H3,(H,17,19). The van der Waals surface area contributed by atoms with Crippen molar-refractivity contribution in [2.75, 3.05) is 6.61 Å². The Bertz CT molecular complexity index is 679. The third kappa shape index (κ3) is 4.36. The summed E-state index contributed by atoms with van der Waals surface area (Å²) >= 11 is 5.78. The molecule has 1 aromatic carbocycles. The number of carbonyl (C=O) groups is 1. The van der Waals surface area contributed by atoms with E-state index in [4.69, 9.17) is 20.8 Å². The van der Waals surface area contributed by atoms with Gasteiger partial charge in [-0.3, -0.25) is 9.59 Å². The Labute approximate surface area is 126 Å². The lowest BCUT2D eigenvalue weighted by molar-refractivity contribution is -0.123. The van der Waals surface area contributed by atoms with Gasteiger partial charge < -0.3 is 14.5 Å². The van der Waals surface area contributed by atoms with Crippen molar-refractivity contribution in [2.45, 2.75) is 13.5 Å². The molecule has 1 amide bonds. The van der Waals surface area contributed by atoms with Crippen LogP contribution >= 0.6 is 11.6 Å². The van der Waals surface area contributed by atoms with E-state index in [0.717, 1.165) is 5.56 Å². The second-order valence-corrected chi connectivity index (χ2v) is 4.80. The quantitative estimate of drug-likeness (QED) is 0.920. The molecule has 0 radical (unpaired) electrons. The Morgan fingerprint density at radius 2 is 2.00 bits per heavy atom. The zero-order chi connectivity index (χ0) is 15.2. The first-order valence-electron chi connectivity index (χ1n) is 6.28. The van der Waals surface area contributed by atoms with Gasteiger partial charge in [0.25, 0.3) is 5.91 Å². The van der Waals surface area contributed by atoms with Gasteiger partial charge in [0.2, 0.25) is 11.2 Å². The lowest BCUT2D eigenvalue weighted by Gasteiger charge is -2.08. The van der Waals surface area contributed by atoms with Crippen molar-refractivity contribution >= 4 is 17.5 Å². The molecule has 0 unspecified atom stereocenters. The second-order valence-electron chi connectivity index (χ2n) is 4.36. The molecule has 0 aliphatic rings. The van der Waals surface area contributed by atoms with Crippen LogP contribution in [0.25, 0.3) is 0 Å². The zero-order valence-corrected chi connectivity index (χ0v) is 12.1. The molecule has 2 aromatic rings. The summed E-state index contributed by atoms with van der Waals surface area (Å²) in [6, 6.07) is 8.38. The van der Waals surface area contributed by atoms with E-state index >= 15 is 0 Å². The first kappa shape index (κ1) is 15.1. The highest BCUT2D eigenvalue weighted by molar-refractivity contribution is 6.30. The number of rotatable bonds is 5. The van der Waals surface area contributed by atoms with E-state index in [1.807, 2.05) is 12.1 Å². The minimum Gasteiger partial charge on any atom is -0.476 e. The van der Waals surface area contributed by atoms with Gasteiger partial charge in [-0.1, -0.05) is 23.7 Å². The number of benzene rings is 1. The summed E-state index contributed by atoms with van der Waals surface area (Å²) in [5, 5.41) is 3.33. The zero-order valence-electron chi connectivity index (χ0n) is 11.4. The van der Waals surface area contributed by atoms with Gasteiger partial charge in [-0.05, 0) is 24.6 Å². The van der Waals surface area contributed by atoms with Crippen LogP contribution in [-0.2, 0) is 11.3 Å². The normalized spacial score (nSPS) is 10.2. The summed E-state index contributed by atoms with van der Waals surface area (Å²) < 4.78 is 10.2. The van der Waals surface area contributed by atoms with Gasteiger partial charge in [-0.2, -0.15) is 0 Å². The van der Waals surface area contributed by atoms with Crippen molar-refractivity contribution in [3.8, 4) is 5.75 Å². The number of amides is 1. The molecule has 5 nitrogen and oxygen atoms in total. The highest BCUT2D eigenvalue weighted by Crippen LogP contribution is 2.11. The molecule has 110 valence electrons. The van der Waals surface area contributed by atoms with E-state index < -0.39 is 0 Å². The third-order valence-electron chi connectivity index (χ3n) is 2.76. The van der Waals surface area contributed by atoms with Crippen LogP contribution in [0.1, 0.15) is 11.3 Å². The fourth-order valence-electron chi connectivity index (χ4n) is 1.66. The lowest BCUT2D eigenvalue weighted by Crippen LogP contribution is -2.29. The van der Waals surface area contributed by atoms with Gasteiger partial charge >= 0.3 is 0 Å². The van der Waals surface area contributed by atoms with Crippen LogP contribution in [0.15, 0.2) is 45.8 Å². The molecule has 0 bridgehead atoms. The maximum Gasteiger partial charge on any atom is 0.258 e. The van der Waals surface area contributed by atoms with Crippen LogP contribution in [0.4, 0.5) is 0 Å². The second kappa shape index (κ2) is 6.95. The van der Waals surface area contributed by atoms with Crippen LogP contribution in [0.3, 0.4) is 0 Å². The molecule has 0 saturated carbocycles. The average molecular weight is 308 g/mol. The number of hydrogen-bond donors (Lipinski definition) is 1. The summed E-state index contributed by atoms with van der Waals surface area (Å²) in [6.07, 6.45) is 1.28. The molecular weight excluding hydrogens is 294 g/mol. The summed E-state index contributed by atoms with van der Waals surface area (Å²) in [6.45, 7) is 1.72. The van der Waals surface area contributed by atoms with Crippen molar-refractivity contribution in [2.24, 2.45) is 0 Å². The molecule has 1 aromatic heterocycles. The number of nitrogens with one attached hydrogen (secondary N) is 1. The number of hydrogen-bond acceptors (Lipinski definition) is 4. The van der Waals surface area contributed by atoms with Crippen LogP contribution in [0.2, 0.25) is 5.02 Å². The van der Waals surface area contributed by atoms with Crippen LogP contribution in [0.5, 0.6) is 5.75 Å². The molecule has 0 aliphatic heterocycles. The Hall–Kier alpha value is -2.27. The van der Waals surface area contributed by atoms with Gasteiger partial charge in [0.05, 0.1) is 6.26 Å². The highest BCUT2D eigenvalue weighted by atomic mass is 35.5. The van der Waals surface area contributed by atoms with Crippen molar-refractivity contribution in [1.82, 2.24) is 5.32 Å². The maximum absolute atomic E-state index is 11.7. The third-order valence-corrected chi connectivity index (χ3v) is 3.01. The van der Waals surface area contributed by atoms with E-state index in [9.17, 15) is 9.59 Å². The number of carbonyl (C=O) groups excluding carboxylic acids is 1. The smallest absolute Gasteiger partial charge is 0.258 e. The molecule has 0 spiro atoms. The fourth-order valence-corrected chi connectivity index (χ4v) is 1.79. The van der Waals surface area contributed by atoms with Crippen molar-refractivity contribution in [3.63, 3.8) is 0 Å². The van der Waals surface area contributed by atoms with Crippen molar-refractivity contribution in [1.29, 1.82) is 0 Å². The monoisotopic (exact) mass is 307 g/mol. The largest absolute Gasteiger partial charge is 0.476 e. The Kier molecular flexibility index (Phi) is 5.00. The molecular formula is C15H14ClNO4. The van der Waals surface area contributed by atoms with Gasteiger partial charge in [0, 0.05) is 17.6 Å². The van der Waals surface area contributed by atoms with E-state index in [-0.39, 0.29) is 23.7 Å². The SMILES string of the molecule is Cc1occc(=O)c1OCC(=O)NCc1ccc(Cl)cc1. The lowest BCUT2D eigenvalue weighted by atomic mass is 10.2. The summed E-state index contributed by atoms with van der Waals surface area (Å²) in [5.41, 5.74) is 0.604. The van der Waals surface area contributed by atoms with Crippen LogP contribution in [-0.4, -0.2) is 12.5 Å². The molecule has 1 heterocycles. The molecule has 0 aliphatic carbocycles. The number of ether oxygens (including phenoxy) is 1. The topological polar surface area (TPSA) is 68.5 Å². The maximum atomic E-state index is 11.7. The molecule has 0 atom stereocenters. The highest BCUT2D eigenvalue weighted by Gasteiger charge is 2.09. The first-order chi connectivity index (χ1) is 10.1. The molecule has 0 saturated heterocycles. The fraction of sp³-hybridized carbons (Fsp3) is 0.200. The van der Waals surface area contributed by atoms with E-state index in [1.165, 1.54) is 12.3 Å². The average Bonchev–Trinajstić information content (AvgIpc) is 2.46. The minimum absolute atomic E-state index is 0.0548. The first-order valence-corrected chi connectivity index (χ1v) is 6.66. The van der Waals surface area contributed by atoms with E-state index in [0.29, 0.717) is 17.3 Å². The van der Waals surface area contributed by atoms with Crippen molar-refractivity contribution in [3.05, 3.63) is 63.2 Å². The number of halogens is 1. The van der Waals surface area contributed by atoms with E-state index in [1.54, 1.807) is 19.1 Å². The van der Waals surface area contributed by atoms with Gasteiger partial charge in [-0.25, -0.2) is 0 Å². The minimum atomic E-state index is -0.326. The predicted molar refractivity (Wildman–Crippen MR) is 78.5 cm³/mol. The Morgan fingerprint density at radius 3 is 2.67 bits per heavy atom. The molecule has 6 heteroatoms. The molecule has 2 rings (SSSR count).